The summed E-state index contributed by atoms with van der Waals surface area (Å²) in [6.45, 7) is 7.42. The van der Waals surface area contributed by atoms with Gasteiger partial charge in [-0.2, -0.15) is 0 Å². The molecule has 0 saturated carbocycles. The Bertz CT molecular complexity index is 652. The van der Waals surface area contributed by atoms with Crippen LogP contribution in [-0.4, -0.2) is 37.1 Å². The first-order valence-corrected chi connectivity index (χ1v) is 8.33. The maximum absolute atomic E-state index is 12.7. The van der Waals surface area contributed by atoms with Crippen molar-refractivity contribution < 1.29 is 9.53 Å². The van der Waals surface area contributed by atoms with Gasteiger partial charge in [0.15, 0.2) is 0 Å². The zero-order valence-corrected chi connectivity index (χ0v) is 15.0. The van der Waals surface area contributed by atoms with Crippen LogP contribution in [0.4, 0.5) is 0 Å². The van der Waals surface area contributed by atoms with E-state index >= 15 is 0 Å². The summed E-state index contributed by atoms with van der Waals surface area (Å²) in [5.41, 5.74) is 4.41. The van der Waals surface area contributed by atoms with Gasteiger partial charge in [0.05, 0.1) is 0 Å². The predicted octanol–water partition coefficient (Wildman–Crippen LogP) is 4.11. The molecule has 3 nitrogen and oxygen atoms in total. The van der Waals surface area contributed by atoms with Crippen LogP contribution in [0.1, 0.15) is 30.9 Å². The average Bonchev–Trinajstić information content (AvgIpc) is 2.93. The molecule has 1 aliphatic rings. The number of fused-ring (bicyclic) bond motifs is 3. The zero-order chi connectivity index (χ0) is 16.2. The Hall–Kier alpha value is -1.84. The highest BCUT2D eigenvalue weighted by Crippen LogP contribution is 2.44. The highest BCUT2D eigenvalue weighted by atomic mass is 35.5. The summed E-state index contributed by atoms with van der Waals surface area (Å²) in [4.78, 5) is 14.9. The van der Waals surface area contributed by atoms with Crippen LogP contribution >= 0.6 is 12.4 Å². The first-order valence-electron chi connectivity index (χ1n) is 8.33. The second-order valence-corrected chi connectivity index (χ2v) is 5.80. The molecule has 4 heteroatoms. The van der Waals surface area contributed by atoms with Gasteiger partial charge >= 0.3 is 5.97 Å². The highest BCUT2D eigenvalue weighted by molar-refractivity contribution is 5.93. The standard InChI is InChI=1S/C20H23NO2.ClH/c1-3-21(4-2)13-14-23-20(22)19-17-11-7-5-9-15(17)16-10-6-8-12-18(16)19;/h5-12,19H,3-4,13-14H2,1-2H3;1H. The van der Waals surface area contributed by atoms with Crippen LogP contribution in [0.5, 0.6) is 0 Å². The molecule has 3 rings (SSSR count). The van der Waals surface area contributed by atoms with Crippen molar-refractivity contribution in [1.82, 2.24) is 4.90 Å². The topological polar surface area (TPSA) is 29.5 Å². The minimum Gasteiger partial charge on any atom is -0.464 e. The molecule has 0 unspecified atom stereocenters. The lowest BCUT2D eigenvalue weighted by Gasteiger charge is -2.19. The summed E-state index contributed by atoms with van der Waals surface area (Å²) in [5.74, 6) is -0.436. The molecule has 0 spiro atoms. The van der Waals surface area contributed by atoms with E-state index in [1.807, 2.05) is 36.4 Å². The number of benzene rings is 2. The number of nitrogens with zero attached hydrogens (tertiary/aromatic N) is 1. The minimum absolute atomic E-state index is 0. The van der Waals surface area contributed by atoms with E-state index < -0.39 is 0 Å². The van der Waals surface area contributed by atoms with E-state index in [0.29, 0.717) is 6.61 Å². The number of rotatable bonds is 6. The Labute approximate surface area is 150 Å². The molecular weight excluding hydrogens is 322 g/mol. The third-order valence-electron chi connectivity index (χ3n) is 4.62. The lowest BCUT2D eigenvalue weighted by Crippen LogP contribution is -2.28. The average molecular weight is 346 g/mol. The second kappa shape index (κ2) is 8.32. The highest BCUT2D eigenvalue weighted by Gasteiger charge is 2.34. The number of esters is 1. The van der Waals surface area contributed by atoms with Crippen molar-refractivity contribution in [1.29, 1.82) is 0 Å². The fraction of sp³-hybridized carbons (Fsp3) is 0.350. The van der Waals surface area contributed by atoms with Crippen LogP contribution in [0.25, 0.3) is 11.1 Å². The van der Waals surface area contributed by atoms with Gasteiger partial charge in [0.25, 0.3) is 0 Å². The van der Waals surface area contributed by atoms with E-state index in [0.717, 1.165) is 41.9 Å². The molecule has 0 fully saturated rings. The summed E-state index contributed by atoms with van der Waals surface area (Å²) < 4.78 is 5.59. The number of carbonyl (C=O) groups is 1. The van der Waals surface area contributed by atoms with E-state index in [4.69, 9.17) is 4.74 Å². The molecule has 128 valence electrons. The number of halogens is 1. The van der Waals surface area contributed by atoms with E-state index in [2.05, 4.69) is 30.9 Å². The maximum atomic E-state index is 12.7. The Morgan fingerprint density at radius 1 is 0.958 bits per heavy atom. The Morgan fingerprint density at radius 2 is 1.46 bits per heavy atom. The lowest BCUT2D eigenvalue weighted by molar-refractivity contribution is -0.144. The molecule has 1 aliphatic carbocycles. The Balaban J connectivity index is 0.00000208. The van der Waals surface area contributed by atoms with Crippen molar-refractivity contribution in [2.75, 3.05) is 26.2 Å². The predicted molar refractivity (Wildman–Crippen MR) is 99.7 cm³/mol. The van der Waals surface area contributed by atoms with E-state index in [-0.39, 0.29) is 24.3 Å². The lowest BCUT2D eigenvalue weighted by atomic mass is 9.97. The number of likely N-dealkylation sites (N-methyl/N-ethyl adjacent to an activating group) is 1. The van der Waals surface area contributed by atoms with Gasteiger partial charge in [-0.1, -0.05) is 62.4 Å². The van der Waals surface area contributed by atoms with E-state index in [9.17, 15) is 4.79 Å². The van der Waals surface area contributed by atoms with Gasteiger partial charge < -0.3 is 9.64 Å². The van der Waals surface area contributed by atoms with Crippen molar-refractivity contribution in [2.24, 2.45) is 0 Å². The van der Waals surface area contributed by atoms with Crippen molar-refractivity contribution in [3.05, 3.63) is 59.7 Å². The van der Waals surface area contributed by atoms with Crippen LogP contribution < -0.4 is 0 Å². The summed E-state index contributed by atoms with van der Waals surface area (Å²) in [6.07, 6.45) is 0. The number of hydrogen-bond acceptors (Lipinski definition) is 3. The van der Waals surface area contributed by atoms with Crippen LogP contribution in [0, 0.1) is 0 Å². The van der Waals surface area contributed by atoms with Gasteiger partial charge in [-0.3, -0.25) is 4.79 Å². The van der Waals surface area contributed by atoms with Gasteiger partial charge in [0.1, 0.15) is 12.5 Å². The summed E-state index contributed by atoms with van der Waals surface area (Å²) >= 11 is 0. The molecule has 0 N–H and O–H groups in total. The van der Waals surface area contributed by atoms with Gasteiger partial charge in [0.2, 0.25) is 0 Å². The minimum atomic E-state index is -0.292. The van der Waals surface area contributed by atoms with Gasteiger partial charge in [-0.25, -0.2) is 0 Å². The molecule has 0 aromatic heterocycles. The largest absolute Gasteiger partial charge is 0.464 e. The summed E-state index contributed by atoms with van der Waals surface area (Å²) in [5, 5.41) is 0. The third kappa shape index (κ3) is 3.47. The number of carbonyl (C=O) groups excluding carboxylic acids is 1. The van der Waals surface area contributed by atoms with Gasteiger partial charge in [0, 0.05) is 6.54 Å². The van der Waals surface area contributed by atoms with Crippen molar-refractivity contribution >= 4 is 18.4 Å². The third-order valence-corrected chi connectivity index (χ3v) is 4.62. The molecule has 2 aromatic rings. The molecule has 0 heterocycles. The van der Waals surface area contributed by atoms with Crippen molar-refractivity contribution in [3.8, 4) is 11.1 Å². The van der Waals surface area contributed by atoms with E-state index in [1.165, 1.54) is 0 Å². The molecule has 0 amide bonds. The molecule has 0 atom stereocenters. The quantitative estimate of drug-likeness (QED) is 0.738. The van der Waals surface area contributed by atoms with Gasteiger partial charge in [-0.05, 0) is 35.3 Å². The Morgan fingerprint density at radius 3 is 1.96 bits per heavy atom. The number of ether oxygens (including phenoxy) is 1. The smallest absolute Gasteiger partial charge is 0.318 e. The van der Waals surface area contributed by atoms with Crippen LogP contribution in [-0.2, 0) is 9.53 Å². The molecule has 0 saturated heterocycles. The van der Waals surface area contributed by atoms with Crippen molar-refractivity contribution in [3.63, 3.8) is 0 Å². The molecule has 0 radical (unpaired) electrons. The van der Waals surface area contributed by atoms with Crippen molar-refractivity contribution in [2.45, 2.75) is 19.8 Å². The first-order chi connectivity index (χ1) is 11.3. The molecule has 0 aliphatic heterocycles. The number of hydrogen-bond donors (Lipinski definition) is 0. The monoisotopic (exact) mass is 345 g/mol. The molecular formula is C20H24ClNO2. The molecule has 0 bridgehead atoms. The Kier molecular flexibility index (Phi) is 6.41. The fourth-order valence-corrected chi connectivity index (χ4v) is 3.31. The van der Waals surface area contributed by atoms with E-state index in [1.54, 1.807) is 0 Å². The maximum Gasteiger partial charge on any atom is 0.318 e. The SMILES string of the molecule is CCN(CC)CCOC(=O)C1c2ccccc2-c2ccccc21.Cl. The molecule has 2 aromatic carbocycles. The first kappa shape index (κ1) is 18.5. The summed E-state index contributed by atoms with van der Waals surface area (Å²) in [7, 11) is 0. The van der Waals surface area contributed by atoms with Crippen LogP contribution in [0.2, 0.25) is 0 Å². The van der Waals surface area contributed by atoms with Gasteiger partial charge in [-0.15, -0.1) is 12.4 Å². The normalized spacial score (nSPS) is 12.5. The molecule has 24 heavy (non-hydrogen) atoms. The second-order valence-electron chi connectivity index (χ2n) is 5.80. The summed E-state index contributed by atoms with van der Waals surface area (Å²) in [6, 6.07) is 16.2. The fourth-order valence-electron chi connectivity index (χ4n) is 3.31. The zero-order valence-electron chi connectivity index (χ0n) is 14.2. The van der Waals surface area contributed by atoms with Crippen LogP contribution in [0.3, 0.4) is 0 Å². The van der Waals surface area contributed by atoms with Crippen LogP contribution in [0.15, 0.2) is 48.5 Å².